The Hall–Kier alpha value is -3.86. The van der Waals surface area contributed by atoms with Crippen molar-refractivity contribution in [3.05, 3.63) is 102 Å². The van der Waals surface area contributed by atoms with Crippen LogP contribution in [0.1, 0.15) is 28.5 Å². The molecule has 4 aromatic rings. The zero-order chi connectivity index (χ0) is 21.6. The van der Waals surface area contributed by atoms with Crippen molar-refractivity contribution in [2.75, 3.05) is 11.5 Å². The number of nitrogens with zero attached hydrogens (tertiary/aromatic N) is 2. The molecule has 0 N–H and O–H groups in total. The van der Waals surface area contributed by atoms with Gasteiger partial charge in [0.2, 0.25) is 0 Å². The van der Waals surface area contributed by atoms with Crippen molar-refractivity contribution < 1.29 is 14.1 Å². The number of aromatic nitrogens is 1. The Kier molecular flexibility index (Phi) is 6.13. The van der Waals surface area contributed by atoms with Gasteiger partial charge < -0.3 is 14.2 Å². The molecule has 0 fully saturated rings. The lowest BCUT2D eigenvalue weighted by molar-refractivity contribution is 0.0976. The summed E-state index contributed by atoms with van der Waals surface area (Å²) in [6.07, 6.45) is 0. The Morgan fingerprint density at radius 3 is 2.35 bits per heavy atom. The maximum atomic E-state index is 13.4. The van der Waals surface area contributed by atoms with Gasteiger partial charge >= 0.3 is 0 Å². The molecule has 3 aromatic carbocycles. The van der Waals surface area contributed by atoms with Crippen molar-refractivity contribution in [3.63, 3.8) is 0 Å². The Balaban J connectivity index is 1.64. The average Bonchev–Trinajstić information content (AvgIpc) is 3.29. The lowest BCUT2D eigenvalue weighted by atomic mass is 10.1. The SMILES string of the molecule is CCOc1ccc(N(Cc2ccccc2)C(=O)c2cc(-c3ccc(C)cc3)on2)cc1. The maximum absolute atomic E-state index is 13.4. The first kappa shape index (κ1) is 20.4. The summed E-state index contributed by atoms with van der Waals surface area (Å²) in [4.78, 5) is 15.1. The fraction of sp³-hybridized carbons (Fsp3) is 0.154. The van der Waals surface area contributed by atoms with Crippen LogP contribution in [-0.2, 0) is 6.54 Å². The predicted molar refractivity (Wildman–Crippen MR) is 121 cm³/mol. The molecule has 0 saturated heterocycles. The summed E-state index contributed by atoms with van der Waals surface area (Å²) >= 11 is 0. The van der Waals surface area contributed by atoms with Gasteiger partial charge in [0, 0.05) is 17.3 Å². The van der Waals surface area contributed by atoms with Crippen molar-refractivity contribution in [3.8, 4) is 17.1 Å². The van der Waals surface area contributed by atoms with E-state index in [1.54, 1.807) is 11.0 Å². The summed E-state index contributed by atoms with van der Waals surface area (Å²) < 4.78 is 11.0. The molecule has 5 nitrogen and oxygen atoms in total. The van der Waals surface area contributed by atoms with Gasteiger partial charge in [0.1, 0.15) is 5.75 Å². The van der Waals surface area contributed by atoms with E-state index in [9.17, 15) is 4.79 Å². The van der Waals surface area contributed by atoms with Crippen LogP contribution in [0.4, 0.5) is 5.69 Å². The van der Waals surface area contributed by atoms with Gasteiger partial charge in [-0.3, -0.25) is 4.79 Å². The Morgan fingerprint density at radius 1 is 0.968 bits per heavy atom. The van der Waals surface area contributed by atoms with E-state index >= 15 is 0 Å². The number of aryl methyl sites for hydroxylation is 1. The van der Waals surface area contributed by atoms with Crippen molar-refractivity contribution in [1.82, 2.24) is 5.16 Å². The number of ether oxygens (including phenoxy) is 1. The van der Waals surface area contributed by atoms with E-state index in [0.717, 1.165) is 28.1 Å². The third-order valence-electron chi connectivity index (χ3n) is 4.95. The summed E-state index contributed by atoms with van der Waals surface area (Å²) in [5.74, 6) is 1.10. The summed E-state index contributed by atoms with van der Waals surface area (Å²) in [7, 11) is 0. The normalized spacial score (nSPS) is 10.6. The molecule has 1 heterocycles. The van der Waals surface area contributed by atoms with E-state index in [4.69, 9.17) is 9.26 Å². The van der Waals surface area contributed by atoms with Crippen LogP contribution in [-0.4, -0.2) is 17.7 Å². The minimum absolute atomic E-state index is 0.227. The van der Waals surface area contributed by atoms with Gasteiger partial charge in [-0.2, -0.15) is 0 Å². The molecule has 4 rings (SSSR count). The summed E-state index contributed by atoms with van der Waals surface area (Å²) in [6.45, 7) is 4.97. The van der Waals surface area contributed by atoms with Crippen LogP contribution < -0.4 is 9.64 Å². The molecule has 0 radical (unpaired) electrons. The van der Waals surface area contributed by atoms with E-state index in [0.29, 0.717) is 18.9 Å². The fourth-order valence-electron chi connectivity index (χ4n) is 3.30. The van der Waals surface area contributed by atoms with Crippen molar-refractivity contribution in [1.29, 1.82) is 0 Å². The first-order valence-electron chi connectivity index (χ1n) is 10.3. The maximum Gasteiger partial charge on any atom is 0.280 e. The molecule has 0 atom stereocenters. The van der Waals surface area contributed by atoms with E-state index < -0.39 is 0 Å². The highest BCUT2D eigenvalue weighted by Crippen LogP contribution is 2.26. The van der Waals surface area contributed by atoms with Crippen molar-refractivity contribution in [2.24, 2.45) is 0 Å². The summed E-state index contributed by atoms with van der Waals surface area (Å²) in [5, 5.41) is 4.06. The second kappa shape index (κ2) is 9.30. The second-order valence-corrected chi connectivity index (χ2v) is 7.25. The fourth-order valence-corrected chi connectivity index (χ4v) is 3.30. The van der Waals surface area contributed by atoms with Gasteiger partial charge in [0.25, 0.3) is 5.91 Å². The number of anilines is 1. The van der Waals surface area contributed by atoms with Gasteiger partial charge in [-0.15, -0.1) is 0 Å². The zero-order valence-electron chi connectivity index (χ0n) is 17.6. The number of carbonyl (C=O) groups is 1. The number of benzene rings is 3. The van der Waals surface area contributed by atoms with E-state index in [1.165, 1.54) is 0 Å². The summed E-state index contributed by atoms with van der Waals surface area (Å²) in [6, 6.07) is 27.0. The third-order valence-corrected chi connectivity index (χ3v) is 4.95. The summed E-state index contributed by atoms with van der Waals surface area (Å²) in [5.41, 5.74) is 4.08. The van der Waals surface area contributed by atoms with E-state index in [1.807, 2.05) is 92.7 Å². The first-order valence-corrected chi connectivity index (χ1v) is 10.3. The number of amides is 1. The predicted octanol–water partition coefficient (Wildman–Crippen LogP) is 5.90. The van der Waals surface area contributed by atoms with Crippen molar-refractivity contribution in [2.45, 2.75) is 20.4 Å². The average molecular weight is 412 g/mol. The second-order valence-electron chi connectivity index (χ2n) is 7.25. The zero-order valence-corrected chi connectivity index (χ0v) is 17.6. The highest BCUT2D eigenvalue weighted by Gasteiger charge is 2.22. The van der Waals surface area contributed by atoms with Crippen LogP contribution in [0.25, 0.3) is 11.3 Å². The standard InChI is InChI=1S/C26H24N2O3/c1-3-30-23-15-13-22(14-16-23)28(18-20-7-5-4-6-8-20)26(29)24-17-25(31-27-24)21-11-9-19(2)10-12-21/h4-17H,3,18H2,1-2H3. The molecule has 5 heteroatoms. The lowest BCUT2D eigenvalue weighted by Gasteiger charge is -2.22. The third kappa shape index (κ3) is 4.83. The topological polar surface area (TPSA) is 55.6 Å². The molecule has 0 aliphatic heterocycles. The van der Waals surface area contributed by atoms with Gasteiger partial charge in [-0.1, -0.05) is 65.3 Å². The van der Waals surface area contributed by atoms with Crippen LogP contribution in [0, 0.1) is 6.92 Å². The van der Waals surface area contributed by atoms with Gasteiger partial charge in [0.15, 0.2) is 11.5 Å². The molecule has 0 saturated carbocycles. The Bertz CT molecular complexity index is 1130. The number of rotatable bonds is 7. The molecule has 0 bridgehead atoms. The van der Waals surface area contributed by atoms with Gasteiger partial charge in [-0.25, -0.2) is 0 Å². The minimum Gasteiger partial charge on any atom is -0.494 e. The molecule has 0 aliphatic rings. The molecule has 1 amide bonds. The van der Waals surface area contributed by atoms with E-state index in [-0.39, 0.29) is 11.6 Å². The van der Waals surface area contributed by atoms with E-state index in [2.05, 4.69) is 5.16 Å². The first-order chi connectivity index (χ1) is 15.1. The molecular weight excluding hydrogens is 388 g/mol. The van der Waals surface area contributed by atoms with Crippen LogP contribution in [0.5, 0.6) is 5.75 Å². The Labute approximate surface area is 181 Å². The number of carbonyl (C=O) groups excluding carboxylic acids is 1. The molecule has 156 valence electrons. The van der Waals surface area contributed by atoms with Crippen LogP contribution in [0.2, 0.25) is 0 Å². The Morgan fingerprint density at radius 2 is 1.68 bits per heavy atom. The number of hydrogen-bond acceptors (Lipinski definition) is 4. The van der Waals surface area contributed by atoms with Crippen molar-refractivity contribution >= 4 is 11.6 Å². The largest absolute Gasteiger partial charge is 0.494 e. The molecule has 1 aromatic heterocycles. The highest BCUT2D eigenvalue weighted by atomic mass is 16.5. The van der Waals surface area contributed by atoms with Gasteiger partial charge in [0.05, 0.1) is 13.2 Å². The number of hydrogen-bond donors (Lipinski definition) is 0. The molecule has 31 heavy (non-hydrogen) atoms. The molecular formula is C26H24N2O3. The smallest absolute Gasteiger partial charge is 0.280 e. The molecule has 0 unspecified atom stereocenters. The monoisotopic (exact) mass is 412 g/mol. The molecule has 0 spiro atoms. The van der Waals surface area contributed by atoms with Gasteiger partial charge in [-0.05, 0) is 43.7 Å². The molecule has 0 aliphatic carbocycles. The van der Waals surface area contributed by atoms with Crippen LogP contribution >= 0.6 is 0 Å². The van der Waals surface area contributed by atoms with Crippen LogP contribution in [0.3, 0.4) is 0 Å². The van der Waals surface area contributed by atoms with Crippen LogP contribution in [0.15, 0.2) is 89.5 Å². The highest BCUT2D eigenvalue weighted by molar-refractivity contribution is 6.05. The lowest BCUT2D eigenvalue weighted by Crippen LogP contribution is -2.30. The minimum atomic E-state index is -0.227. The quantitative estimate of drug-likeness (QED) is 0.379.